The molecule has 0 unspecified atom stereocenters. The molecule has 202 valence electrons. The zero-order valence-corrected chi connectivity index (χ0v) is 23.3. The van der Waals surface area contributed by atoms with Gasteiger partial charge in [-0.05, 0) is 29.1 Å². The summed E-state index contributed by atoms with van der Waals surface area (Å²) in [6.45, 7) is 0. The molecule has 5 aromatic carbocycles. The van der Waals surface area contributed by atoms with Crippen molar-refractivity contribution < 1.29 is 0 Å². The summed E-state index contributed by atoms with van der Waals surface area (Å²) in [6.07, 6.45) is 1.98. The molecular formula is C39H26N4. The van der Waals surface area contributed by atoms with Crippen molar-refractivity contribution in [3.05, 3.63) is 158 Å². The highest BCUT2D eigenvalue weighted by atomic mass is 15.2. The average Bonchev–Trinajstić information content (AvgIpc) is 3.55. The summed E-state index contributed by atoms with van der Waals surface area (Å²) < 4.78 is 2.08. The first kappa shape index (κ1) is 24.9. The number of aromatic nitrogens is 4. The van der Waals surface area contributed by atoms with Gasteiger partial charge in [0.05, 0.1) is 28.8 Å². The highest BCUT2D eigenvalue weighted by Crippen LogP contribution is 2.37. The van der Waals surface area contributed by atoms with E-state index in [-0.39, 0.29) is 0 Å². The molecule has 0 saturated heterocycles. The minimum absolute atomic E-state index is 0.705. The van der Waals surface area contributed by atoms with Crippen LogP contribution in [0.25, 0.3) is 72.6 Å². The lowest BCUT2D eigenvalue weighted by molar-refractivity contribution is 0.975. The SMILES string of the molecule is c1ccc(-c2cc(-c3ccc4cc(-c5ccccc5)n5ncc(-c6ccccc6)c5c4c3)nc(-c3ccccc3)n2)cc1. The van der Waals surface area contributed by atoms with Crippen molar-refractivity contribution in [2.45, 2.75) is 0 Å². The summed E-state index contributed by atoms with van der Waals surface area (Å²) in [7, 11) is 0. The molecule has 0 aliphatic carbocycles. The van der Waals surface area contributed by atoms with E-state index >= 15 is 0 Å². The Bertz CT molecular complexity index is 2150. The average molecular weight is 551 g/mol. The van der Waals surface area contributed by atoms with E-state index < -0.39 is 0 Å². The van der Waals surface area contributed by atoms with Crippen LogP contribution >= 0.6 is 0 Å². The van der Waals surface area contributed by atoms with Gasteiger partial charge in [0.1, 0.15) is 0 Å². The highest BCUT2D eigenvalue weighted by Gasteiger charge is 2.17. The first-order chi connectivity index (χ1) is 21.3. The topological polar surface area (TPSA) is 43.1 Å². The number of hydrogen-bond acceptors (Lipinski definition) is 3. The third kappa shape index (κ3) is 4.55. The quantitative estimate of drug-likeness (QED) is 0.214. The molecule has 0 radical (unpaired) electrons. The van der Waals surface area contributed by atoms with Crippen LogP contribution in [0.3, 0.4) is 0 Å². The second-order valence-electron chi connectivity index (χ2n) is 10.6. The maximum Gasteiger partial charge on any atom is 0.160 e. The van der Waals surface area contributed by atoms with Crippen molar-refractivity contribution in [3.63, 3.8) is 0 Å². The summed E-state index contributed by atoms with van der Waals surface area (Å²) in [5, 5.41) is 7.19. The molecule has 3 aromatic heterocycles. The van der Waals surface area contributed by atoms with Gasteiger partial charge in [0.2, 0.25) is 0 Å². The van der Waals surface area contributed by atoms with Crippen LogP contribution in [0.15, 0.2) is 158 Å². The fourth-order valence-electron chi connectivity index (χ4n) is 5.76. The van der Waals surface area contributed by atoms with Gasteiger partial charge in [0.25, 0.3) is 0 Å². The molecule has 8 aromatic rings. The number of rotatable bonds is 5. The van der Waals surface area contributed by atoms with E-state index in [4.69, 9.17) is 15.1 Å². The van der Waals surface area contributed by atoms with E-state index in [0.29, 0.717) is 5.82 Å². The van der Waals surface area contributed by atoms with Crippen molar-refractivity contribution in [1.82, 2.24) is 19.6 Å². The molecule has 0 bridgehead atoms. The van der Waals surface area contributed by atoms with Gasteiger partial charge in [-0.15, -0.1) is 0 Å². The number of pyridine rings is 1. The minimum atomic E-state index is 0.705. The molecule has 43 heavy (non-hydrogen) atoms. The van der Waals surface area contributed by atoms with Crippen LogP contribution in [-0.2, 0) is 0 Å². The molecule has 4 nitrogen and oxygen atoms in total. The van der Waals surface area contributed by atoms with E-state index in [1.165, 1.54) is 0 Å². The lowest BCUT2D eigenvalue weighted by atomic mass is 9.98. The highest BCUT2D eigenvalue weighted by molar-refractivity contribution is 6.06. The Hall–Kier alpha value is -5.87. The maximum absolute atomic E-state index is 5.09. The minimum Gasteiger partial charge on any atom is -0.232 e. The van der Waals surface area contributed by atoms with Gasteiger partial charge in [-0.1, -0.05) is 133 Å². The second-order valence-corrected chi connectivity index (χ2v) is 10.6. The third-order valence-electron chi connectivity index (χ3n) is 7.88. The number of benzene rings is 5. The van der Waals surface area contributed by atoms with Gasteiger partial charge >= 0.3 is 0 Å². The van der Waals surface area contributed by atoms with E-state index in [9.17, 15) is 0 Å². The van der Waals surface area contributed by atoms with Crippen LogP contribution in [0.4, 0.5) is 0 Å². The number of hydrogen-bond donors (Lipinski definition) is 0. The van der Waals surface area contributed by atoms with Crippen molar-refractivity contribution in [1.29, 1.82) is 0 Å². The Morgan fingerprint density at radius 2 is 1.00 bits per heavy atom. The molecule has 0 fully saturated rings. The van der Waals surface area contributed by atoms with Crippen LogP contribution in [-0.4, -0.2) is 19.6 Å². The van der Waals surface area contributed by atoms with Gasteiger partial charge in [-0.3, -0.25) is 0 Å². The molecule has 3 heterocycles. The predicted molar refractivity (Wildman–Crippen MR) is 175 cm³/mol. The zero-order chi connectivity index (χ0) is 28.6. The molecular weight excluding hydrogens is 524 g/mol. The second kappa shape index (κ2) is 10.5. The Labute approximate surface area is 249 Å². The summed E-state index contributed by atoms with van der Waals surface area (Å²) in [6, 6.07) is 52.3. The molecule has 0 spiro atoms. The zero-order valence-electron chi connectivity index (χ0n) is 23.3. The van der Waals surface area contributed by atoms with Gasteiger partial charge < -0.3 is 0 Å². The van der Waals surface area contributed by atoms with Crippen LogP contribution in [0.2, 0.25) is 0 Å². The van der Waals surface area contributed by atoms with E-state index in [2.05, 4.69) is 108 Å². The van der Waals surface area contributed by atoms with Gasteiger partial charge in [0, 0.05) is 33.2 Å². The number of nitrogens with zero attached hydrogens (tertiary/aromatic N) is 4. The summed E-state index contributed by atoms with van der Waals surface area (Å²) in [5.74, 6) is 0.705. The Morgan fingerprint density at radius 1 is 0.442 bits per heavy atom. The first-order valence-corrected chi connectivity index (χ1v) is 14.4. The fourth-order valence-corrected chi connectivity index (χ4v) is 5.76. The van der Waals surface area contributed by atoms with Crippen molar-refractivity contribution in [3.8, 4) is 56.3 Å². The monoisotopic (exact) mass is 550 g/mol. The van der Waals surface area contributed by atoms with Crippen LogP contribution in [0.5, 0.6) is 0 Å². The molecule has 0 aliphatic heterocycles. The summed E-state index contributed by atoms with van der Waals surface area (Å²) >= 11 is 0. The lowest BCUT2D eigenvalue weighted by Crippen LogP contribution is -1.97. The maximum atomic E-state index is 5.09. The molecule has 0 saturated carbocycles. The lowest BCUT2D eigenvalue weighted by Gasteiger charge is -2.13. The van der Waals surface area contributed by atoms with Crippen LogP contribution in [0, 0.1) is 0 Å². The van der Waals surface area contributed by atoms with Gasteiger partial charge in [-0.25, -0.2) is 14.5 Å². The van der Waals surface area contributed by atoms with E-state index in [1.54, 1.807) is 0 Å². The summed E-state index contributed by atoms with van der Waals surface area (Å²) in [5.41, 5.74) is 10.3. The predicted octanol–water partition coefficient (Wildman–Crippen LogP) is 9.61. The molecule has 0 amide bonds. The van der Waals surface area contributed by atoms with E-state index in [1.807, 2.05) is 54.7 Å². The fraction of sp³-hybridized carbons (Fsp3) is 0. The van der Waals surface area contributed by atoms with Crippen LogP contribution in [0.1, 0.15) is 0 Å². The van der Waals surface area contributed by atoms with Crippen LogP contribution < -0.4 is 0 Å². The molecule has 0 atom stereocenters. The normalized spacial score (nSPS) is 11.3. The van der Waals surface area contributed by atoms with Crippen molar-refractivity contribution in [2.75, 3.05) is 0 Å². The molecule has 8 rings (SSSR count). The smallest absolute Gasteiger partial charge is 0.160 e. The molecule has 0 N–H and O–H groups in total. The van der Waals surface area contributed by atoms with Crippen molar-refractivity contribution >= 4 is 16.3 Å². The Kier molecular flexibility index (Phi) is 6.08. The van der Waals surface area contributed by atoms with E-state index in [0.717, 1.165) is 66.8 Å². The first-order valence-electron chi connectivity index (χ1n) is 14.4. The summed E-state index contributed by atoms with van der Waals surface area (Å²) in [4.78, 5) is 10.1. The third-order valence-corrected chi connectivity index (χ3v) is 7.88. The molecule has 0 aliphatic rings. The largest absolute Gasteiger partial charge is 0.232 e. The number of fused-ring (bicyclic) bond motifs is 3. The molecule has 4 heteroatoms. The Balaban J connectivity index is 1.39. The Morgan fingerprint density at radius 3 is 1.65 bits per heavy atom. The van der Waals surface area contributed by atoms with Crippen molar-refractivity contribution in [2.24, 2.45) is 0 Å². The van der Waals surface area contributed by atoms with Gasteiger partial charge in [0.15, 0.2) is 5.82 Å². The van der Waals surface area contributed by atoms with Gasteiger partial charge in [-0.2, -0.15) is 5.10 Å². The standard InChI is InChI=1S/C39H26N4/c1-5-13-27(14-6-1)34-26-40-43-37(29-17-9-3-10-18-29)24-31-21-22-32(23-33(31)38(34)43)36-25-35(28-15-7-2-8-16-28)41-39(42-36)30-19-11-4-12-20-30/h1-26H.